The number of likely N-dealkylation sites (N-methyl/N-ethyl adjacent to an activating group) is 1. The van der Waals surface area contributed by atoms with Gasteiger partial charge >= 0.3 is 0 Å². The molecule has 1 atom stereocenters. The first-order chi connectivity index (χ1) is 9.61. The Bertz CT molecular complexity index is 568. The fourth-order valence-electron chi connectivity index (χ4n) is 2.33. The number of rotatable bonds is 5. The number of aromatic nitrogens is 1. The van der Waals surface area contributed by atoms with Gasteiger partial charge in [0.15, 0.2) is 0 Å². The van der Waals surface area contributed by atoms with Gasteiger partial charge in [0.05, 0.1) is 7.11 Å². The van der Waals surface area contributed by atoms with Gasteiger partial charge in [0, 0.05) is 30.7 Å². The Labute approximate surface area is 121 Å². The molecule has 0 bridgehead atoms. The molecular formula is C17H22N2O. The van der Waals surface area contributed by atoms with Crippen LogP contribution in [-0.2, 0) is 6.42 Å². The van der Waals surface area contributed by atoms with Crippen LogP contribution in [0.1, 0.15) is 18.2 Å². The molecule has 0 radical (unpaired) electrons. The Kier molecular flexibility index (Phi) is 4.61. The molecule has 1 heterocycles. The summed E-state index contributed by atoms with van der Waals surface area (Å²) in [5.41, 5.74) is 3.47. The number of para-hydroxylation sites is 1. The molecule has 1 unspecified atom stereocenters. The van der Waals surface area contributed by atoms with Crippen molar-refractivity contribution in [3.05, 3.63) is 53.9 Å². The monoisotopic (exact) mass is 270 g/mol. The highest BCUT2D eigenvalue weighted by Gasteiger charge is 2.13. The lowest BCUT2D eigenvalue weighted by Crippen LogP contribution is -2.30. The van der Waals surface area contributed by atoms with Crippen LogP contribution in [0.2, 0.25) is 0 Å². The van der Waals surface area contributed by atoms with Crippen LogP contribution < -0.4 is 9.64 Å². The second-order valence-corrected chi connectivity index (χ2v) is 5.13. The van der Waals surface area contributed by atoms with Crippen molar-refractivity contribution in [2.75, 3.05) is 19.1 Å². The van der Waals surface area contributed by atoms with Gasteiger partial charge in [-0.15, -0.1) is 0 Å². The Morgan fingerprint density at radius 2 is 2.00 bits per heavy atom. The highest BCUT2D eigenvalue weighted by atomic mass is 16.5. The predicted octanol–water partition coefficient (Wildman–Crippen LogP) is 3.47. The van der Waals surface area contributed by atoms with Crippen LogP contribution in [0.15, 0.2) is 42.6 Å². The van der Waals surface area contributed by atoms with Crippen molar-refractivity contribution in [3.8, 4) is 5.75 Å². The molecule has 2 aromatic rings. The number of hydrogen-bond donors (Lipinski definition) is 0. The lowest BCUT2D eigenvalue weighted by Gasteiger charge is -2.27. The van der Waals surface area contributed by atoms with Crippen molar-refractivity contribution in [2.24, 2.45) is 0 Å². The molecule has 0 N–H and O–H groups in total. The molecule has 0 aliphatic rings. The van der Waals surface area contributed by atoms with Crippen molar-refractivity contribution in [3.63, 3.8) is 0 Å². The van der Waals surface area contributed by atoms with E-state index in [9.17, 15) is 0 Å². The number of methoxy groups -OCH3 is 1. The Morgan fingerprint density at radius 1 is 1.25 bits per heavy atom. The summed E-state index contributed by atoms with van der Waals surface area (Å²) >= 11 is 0. The molecule has 20 heavy (non-hydrogen) atoms. The third kappa shape index (κ3) is 3.29. The van der Waals surface area contributed by atoms with E-state index in [-0.39, 0.29) is 0 Å². The molecule has 0 saturated heterocycles. The Hall–Kier alpha value is -2.03. The SMILES string of the molecule is COc1ccccc1CC(C)N(C)c1ccnc(C)c1. The standard InChI is InChI=1S/C17H22N2O/c1-13-11-16(9-10-18-13)19(3)14(2)12-15-7-5-6-8-17(15)20-4/h5-11,14H,12H2,1-4H3. The fraction of sp³-hybridized carbons (Fsp3) is 0.353. The topological polar surface area (TPSA) is 25.4 Å². The third-order valence-electron chi connectivity index (χ3n) is 3.66. The summed E-state index contributed by atoms with van der Waals surface area (Å²) in [4.78, 5) is 6.53. The van der Waals surface area contributed by atoms with Crippen LogP contribution in [0.4, 0.5) is 5.69 Å². The lowest BCUT2D eigenvalue weighted by molar-refractivity contribution is 0.408. The molecule has 0 fully saturated rings. The minimum Gasteiger partial charge on any atom is -0.496 e. The summed E-state index contributed by atoms with van der Waals surface area (Å²) in [5, 5.41) is 0. The fourth-order valence-corrected chi connectivity index (χ4v) is 2.33. The number of hydrogen-bond acceptors (Lipinski definition) is 3. The zero-order valence-corrected chi connectivity index (χ0v) is 12.6. The average Bonchev–Trinajstić information content (AvgIpc) is 2.47. The Balaban J connectivity index is 2.13. The molecule has 0 aliphatic carbocycles. The van der Waals surface area contributed by atoms with Crippen LogP contribution in [-0.4, -0.2) is 25.2 Å². The zero-order valence-electron chi connectivity index (χ0n) is 12.6. The highest BCUT2D eigenvalue weighted by molar-refractivity contribution is 5.47. The van der Waals surface area contributed by atoms with Gasteiger partial charge in [-0.3, -0.25) is 4.98 Å². The summed E-state index contributed by atoms with van der Waals surface area (Å²) in [6.45, 7) is 4.24. The smallest absolute Gasteiger partial charge is 0.122 e. The van der Waals surface area contributed by atoms with Crippen molar-refractivity contribution in [1.82, 2.24) is 4.98 Å². The van der Waals surface area contributed by atoms with E-state index in [1.54, 1.807) is 7.11 Å². The number of aryl methyl sites for hydroxylation is 1. The van der Waals surface area contributed by atoms with Gasteiger partial charge in [-0.2, -0.15) is 0 Å². The maximum absolute atomic E-state index is 5.42. The van der Waals surface area contributed by atoms with Gasteiger partial charge in [-0.1, -0.05) is 18.2 Å². The van der Waals surface area contributed by atoms with Crippen LogP contribution in [0, 0.1) is 6.92 Å². The van der Waals surface area contributed by atoms with E-state index in [1.165, 1.54) is 11.3 Å². The molecule has 2 rings (SSSR count). The summed E-state index contributed by atoms with van der Waals surface area (Å²) in [6, 6.07) is 12.7. The van der Waals surface area contributed by atoms with Gasteiger partial charge in [-0.25, -0.2) is 0 Å². The molecule has 0 amide bonds. The number of pyridine rings is 1. The van der Waals surface area contributed by atoms with Crippen LogP contribution in [0.3, 0.4) is 0 Å². The largest absolute Gasteiger partial charge is 0.496 e. The van der Waals surface area contributed by atoms with E-state index in [0.717, 1.165) is 17.9 Å². The van der Waals surface area contributed by atoms with E-state index >= 15 is 0 Å². The lowest BCUT2D eigenvalue weighted by atomic mass is 10.0. The Morgan fingerprint density at radius 3 is 2.70 bits per heavy atom. The second-order valence-electron chi connectivity index (χ2n) is 5.13. The summed E-state index contributed by atoms with van der Waals surface area (Å²) in [6.07, 6.45) is 2.80. The van der Waals surface area contributed by atoms with E-state index in [4.69, 9.17) is 4.74 Å². The summed E-state index contributed by atoms with van der Waals surface area (Å²) in [7, 11) is 3.84. The third-order valence-corrected chi connectivity index (χ3v) is 3.66. The maximum Gasteiger partial charge on any atom is 0.122 e. The van der Waals surface area contributed by atoms with Crippen molar-refractivity contribution < 1.29 is 4.74 Å². The van der Waals surface area contributed by atoms with Gasteiger partial charge in [0.25, 0.3) is 0 Å². The summed E-state index contributed by atoms with van der Waals surface area (Å²) in [5.74, 6) is 0.957. The molecule has 1 aromatic carbocycles. The van der Waals surface area contributed by atoms with Gasteiger partial charge in [0.2, 0.25) is 0 Å². The first-order valence-corrected chi connectivity index (χ1v) is 6.89. The van der Waals surface area contributed by atoms with Gasteiger partial charge < -0.3 is 9.64 Å². The molecule has 3 heteroatoms. The van der Waals surface area contributed by atoms with Crippen molar-refractivity contribution in [1.29, 1.82) is 0 Å². The minimum absolute atomic E-state index is 0.383. The minimum atomic E-state index is 0.383. The zero-order chi connectivity index (χ0) is 14.5. The molecule has 1 aromatic heterocycles. The number of ether oxygens (including phenoxy) is 1. The quantitative estimate of drug-likeness (QED) is 0.832. The molecule has 0 saturated carbocycles. The molecule has 0 aliphatic heterocycles. The van der Waals surface area contributed by atoms with E-state index in [0.29, 0.717) is 6.04 Å². The highest BCUT2D eigenvalue weighted by Crippen LogP contribution is 2.22. The van der Waals surface area contributed by atoms with Crippen molar-refractivity contribution >= 4 is 5.69 Å². The molecular weight excluding hydrogens is 248 g/mol. The van der Waals surface area contributed by atoms with E-state index < -0.39 is 0 Å². The number of anilines is 1. The van der Waals surface area contributed by atoms with Gasteiger partial charge in [-0.05, 0) is 44.0 Å². The molecule has 3 nitrogen and oxygen atoms in total. The van der Waals surface area contributed by atoms with Crippen LogP contribution in [0.25, 0.3) is 0 Å². The van der Waals surface area contributed by atoms with Crippen LogP contribution in [0.5, 0.6) is 5.75 Å². The molecule has 106 valence electrons. The maximum atomic E-state index is 5.42. The van der Waals surface area contributed by atoms with Gasteiger partial charge in [0.1, 0.15) is 5.75 Å². The van der Waals surface area contributed by atoms with E-state index in [2.05, 4.69) is 42.1 Å². The molecule has 0 spiro atoms. The number of nitrogens with zero attached hydrogens (tertiary/aromatic N) is 2. The predicted molar refractivity (Wildman–Crippen MR) is 83.5 cm³/mol. The second kappa shape index (κ2) is 6.42. The normalized spacial score (nSPS) is 12.0. The number of benzene rings is 1. The first-order valence-electron chi connectivity index (χ1n) is 6.89. The average molecular weight is 270 g/mol. The van der Waals surface area contributed by atoms with Crippen molar-refractivity contribution in [2.45, 2.75) is 26.3 Å². The van der Waals surface area contributed by atoms with E-state index in [1.807, 2.05) is 31.3 Å². The van der Waals surface area contributed by atoms with Crippen LogP contribution >= 0.6 is 0 Å². The first kappa shape index (κ1) is 14.4. The summed E-state index contributed by atoms with van der Waals surface area (Å²) < 4.78 is 5.42.